The van der Waals surface area contributed by atoms with E-state index >= 15 is 0 Å². The highest BCUT2D eigenvalue weighted by Gasteiger charge is 2.45. The van der Waals surface area contributed by atoms with Gasteiger partial charge >= 0.3 is 6.18 Å². The number of allylic oxidation sites excluding steroid dienone is 1. The molecule has 13 heteroatoms. The van der Waals surface area contributed by atoms with Crippen LogP contribution >= 0.6 is 0 Å². The van der Waals surface area contributed by atoms with E-state index in [4.69, 9.17) is 0 Å². The largest absolute Gasteiger partial charge is 0.393 e. The summed E-state index contributed by atoms with van der Waals surface area (Å²) in [5.41, 5.74) is 3.56. The number of alkyl halides is 3. The number of hydrogen-bond acceptors (Lipinski definition) is 6. The second kappa shape index (κ2) is 11.7. The zero-order valence-corrected chi connectivity index (χ0v) is 23.6. The molecule has 0 radical (unpaired) electrons. The molecular formula is C28H32F4N8O. The highest BCUT2D eigenvalue weighted by atomic mass is 19.4. The van der Waals surface area contributed by atoms with Crippen molar-refractivity contribution in [3.05, 3.63) is 64.5 Å². The molecule has 1 aromatic carbocycles. The lowest BCUT2D eigenvalue weighted by atomic mass is 10.1. The number of carbonyl (C=O) groups is 1. The van der Waals surface area contributed by atoms with E-state index in [-0.39, 0.29) is 30.9 Å². The molecular weight excluding hydrogens is 540 g/mol. The average molecular weight is 573 g/mol. The second-order valence-corrected chi connectivity index (χ2v) is 9.79. The minimum Gasteiger partial charge on any atom is -0.338 e. The van der Waals surface area contributed by atoms with Crippen molar-refractivity contribution in [2.45, 2.75) is 39.8 Å². The zero-order valence-electron chi connectivity index (χ0n) is 23.6. The molecule has 1 N–H and O–H groups in total. The molecule has 3 heterocycles. The van der Waals surface area contributed by atoms with Crippen LogP contribution in [0.3, 0.4) is 0 Å². The Kier molecular flexibility index (Phi) is 8.45. The van der Waals surface area contributed by atoms with Gasteiger partial charge in [-0.05, 0) is 57.7 Å². The van der Waals surface area contributed by atoms with E-state index in [1.807, 2.05) is 6.92 Å². The number of hydrogen-bond donors (Lipinski definition) is 1. The summed E-state index contributed by atoms with van der Waals surface area (Å²) in [5.74, 6) is -1.21. The number of likely N-dealkylation sites (tertiary alicyclic amines) is 1. The molecule has 2 aromatic heterocycles. The van der Waals surface area contributed by atoms with Crippen molar-refractivity contribution in [3.8, 4) is 11.3 Å². The first-order valence-electron chi connectivity index (χ1n) is 13.1. The van der Waals surface area contributed by atoms with Gasteiger partial charge in [-0.25, -0.2) is 14.1 Å². The van der Waals surface area contributed by atoms with E-state index in [0.29, 0.717) is 35.3 Å². The van der Waals surface area contributed by atoms with Crippen molar-refractivity contribution >= 4 is 24.3 Å². The molecule has 0 spiro atoms. The SMILES string of the molecule is C=N/C(=C\C(=NC)n1nc(C)c(C(=O)N2CCC(C(F)(F)F)C2)c1C)Nc1nn(C)c(-c2ccc(F)cc2)c1CC. The normalized spacial score (nSPS) is 16.4. The predicted molar refractivity (Wildman–Crippen MR) is 150 cm³/mol. The molecule has 1 unspecified atom stereocenters. The molecule has 1 fully saturated rings. The van der Waals surface area contributed by atoms with Gasteiger partial charge in [0.25, 0.3) is 5.91 Å². The van der Waals surface area contributed by atoms with Crippen LogP contribution in [-0.2, 0) is 13.5 Å². The van der Waals surface area contributed by atoms with E-state index in [0.717, 1.165) is 16.8 Å². The number of rotatable bonds is 7. The van der Waals surface area contributed by atoms with Crippen LogP contribution in [0.25, 0.3) is 11.3 Å². The fourth-order valence-corrected chi connectivity index (χ4v) is 5.10. The zero-order chi connectivity index (χ0) is 30.1. The second-order valence-electron chi connectivity index (χ2n) is 9.79. The highest BCUT2D eigenvalue weighted by molar-refractivity contribution is 6.00. The molecule has 0 saturated carbocycles. The van der Waals surface area contributed by atoms with Gasteiger partial charge in [-0.2, -0.15) is 23.4 Å². The number of nitrogens with zero attached hydrogens (tertiary/aromatic N) is 7. The Balaban J connectivity index is 1.62. The lowest BCUT2D eigenvalue weighted by Crippen LogP contribution is -2.32. The smallest absolute Gasteiger partial charge is 0.338 e. The maximum atomic E-state index is 13.5. The monoisotopic (exact) mass is 572 g/mol. The molecule has 1 amide bonds. The van der Waals surface area contributed by atoms with Crippen LogP contribution in [0.1, 0.15) is 40.7 Å². The number of nitrogens with one attached hydrogen (secondary N) is 1. The number of aliphatic imine (C=N–C) groups is 2. The van der Waals surface area contributed by atoms with E-state index < -0.39 is 18.0 Å². The van der Waals surface area contributed by atoms with E-state index in [2.05, 4.69) is 32.2 Å². The van der Waals surface area contributed by atoms with Crippen LogP contribution in [0.15, 0.2) is 46.1 Å². The van der Waals surface area contributed by atoms with Gasteiger partial charge < -0.3 is 10.2 Å². The summed E-state index contributed by atoms with van der Waals surface area (Å²) >= 11 is 0. The van der Waals surface area contributed by atoms with E-state index in [1.165, 1.54) is 21.7 Å². The van der Waals surface area contributed by atoms with Crippen LogP contribution in [0.4, 0.5) is 23.4 Å². The van der Waals surface area contributed by atoms with Crippen molar-refractivity contribution in [1.82, 2.24) is 24.5 Å². The first-order chi connectivity index (χ1) is 19.4. The Bertz CT molecular complexity index is 1520. The van der Waals surface area contributed by atoms with Crippen LogP contribution in [0, 0.1) is 25.6 Å². The molecule has 0 bridgehead atoms. The summed E-state index contributed by atoms with van der Waals surface area (Å²) < 4.78 is 56.2. The van der Waals surface area contributed by atoms with Gasteiger partial charge in [0, 0.05) is 44.4 Å². The van der Waals surface area contributed by atoms with Crippen molar-refractivity contribution in [3.63, 3.8) is 0 Å². The molecule has 9 nitrogen and oxygen atoms in total. The third-order valence-electron chi connectivity index (χ3n) is 7.19. The standard InChI is InChI=1S/C28H32F4N8O/c1-7-21-25(18-8-10-20(29)11-9-18)38(6)37-26(21)35-22(33-4)14-23(34-5)40-17(3)24(16(2)36-40)27(41)39-13-12-19(15-39)28(30,31)32/h8-11,14,19H,4,7,12-13,15H2,1-3,5-6H3,(H,35,37)/b22-14+,34-23?. The summed E-state index contributed by atoms with van der Waals surface area (Å²) in [7, 11) is 3.34. The molecule has 1 aliphatic rings. The molecule has 0 aliphatic carbocycles. The van der Waals surface area contributed by atoms with Crippen molar-refractivity contribution in [1.29, 1.82) is 0 Å². The summed E-state index contributed by atoms with van der Waals surface area (Å²) in [5, 5.41) is 12.2. The summed E-state index contributed by atoms with van der Waals surface area (Å²) in [6.07, 6.45) is -2.26. The number of aromatic nitrogens is 4. The first-order valence-corrected chi connectivity index (χ1v) is 13.1. The van der Waals surface area contributed by atoms with Crippen molar-refractivity contribution in [2.24, 2.45) is 23.0 Å². The summed E-state index contributed by atoms with van der Waals surface area (Å²) in [6.45, 7) is 8.58. The van der Waals surface area contributed by atoms with Gasteiger partial charge in [-0.15, -0.1) is 0 Å². The molecule has 1 saturated heterocycles. The highest BCUT2D eigenvalue weighted by Crippen LogP contribution is 2.34. The van der Waals surface area contributed by atoms with Gasteiger partial charge in [-0.1, -0.05) is 6.92 Å². The molecule has 1 atom stereocenters. The van der Waals surface area contributed by atoms with Crippen LogP contribution in [-0.4, -0.2) is 69.2 Å². The van der Waals surface area contributed by atoms with Gasteiger partial charge in [0.1, 0.15) is 11.6 Å². The fourth-order valence-electron chi connectivity index (χ4n) is 5.10. The third-order valence-corrected chi connectivity index (χ3v) is 7.19. The Morgan fingerprint density at radius 3 is 2.46 bits per heavy atom. The maximum Gasteiger partial charge on any atom is 0.393 e. The Morgan fingerprint density at radius 1 is 1.22 bits per heavy atom. The molecule has 41 heavy (non-hydrogen) atoms. The number of carbonyl (C=O) groups excluding carboxylic acids is 1. The Morgan fingerprint density at radius 2 is 1.90 bits per heavy atom. The number of amides is 1. The fraction of sp³-hybridized carbons (Fsp3) is 0.393. The molecule has 3 aromatic rings. The van der Waals surface area contributed by atoms with Crippen LogP contribution in [0.5, 0.6) is 0 Å². The average Bonchev–Trinajstić information content (AvgIpc) is 3.62. The lowest BCUT2D eigenvalue weighted by molar-refractivity contribution is -0.169. The summed E-state index contributed by atoms with van der Waals surface area (Å²) in [6, 6.07) is 6.15. The van der Waals surface area contributed by atoms with Gasteiger partial charge in [0.05, 0.1) is 28.6 Å². The topological polar surface area (TPSA) is 92.7 Å². The molecule has 218 valence electrons. The number of benzene rings is 1. The number of halogens is 4. The Hall–Kier alpha value is -4.29. The minimum atomic E-state index is -4.34. The first kappa shape index (κ1) is 29.7. The third kappa shape index (κ3) is 5.93. The number of aryl methyl sites for hydroxylation is 2. The van der Waals surface area contributed by atoms with Gasteiger partial charge in [-0.3, -0.25) is 14.5 Å². The Labute approximate surface area is 235 Å². The maximum absolute atomic E-state index is 13.5. The predicted octanol–water partition coefficient (Wildman–Crippen LogP) is 5.16. The van der Waals surface area contributed by atoms with Gasteiger partial charge in [0.15, 0.2) is 11.7 Å². The quantitative estimate of drug-likeness (QED) is 0.241. The summed E-state index contributed by atoms with van der Waals surface area (Å²) in [4.78, 5) is 22.8. The molecule has 4 rings (SSSR count). The van der Waals surface area contributed by atoms with Crippen LogP contribution in [0.2, 0.25) is 0 Å². The lowest BCUT2D eigenvalue weighted by Gasteiger charge is -2.18. The van der Waals surface area contributed by atoms with E-state index in [9.17, 15) is 22.4 Å². The van der Waals surface area contributed by atoms with Crippen molar-refractivity contribution in [2.75, 3.05) is 25.5 Å². The van der Waals surface area contributed by atoms with Crippen molar-refractivity contribution < 1.29 is 22.4 Å². The molecule has 1 aliphatic heterocycles. The van der Waals surface area contributed by atoms with Crippen LogP contribution < -0.4 is 5.32 Å². The van der Waals surface area contributed by atoms with Gasteiger partial charge in [0.2, 0.25) is 0 Å². The van der Waals surface area contributed by atoms with E-state index in [1.54, 1.807) is 50.8 Å². The number of anilines is 1. The minimum absolute atomic E-state index is 0.0277.